The monoisotopic (exact) mass is 277 g/mol. The number of hydrogen-bond donors (Lipinski definition) is 2. The van der Waals surface area contributed by atoms with Crippen molar-refractivity contribution in [2.45, 2.75) is 32.5 Å². The second-order valence-corrected chi connectivity index (χ2v) is 5.36. The average Bonchev–Trinajstić information content (AvgIpc) is 2.42. The van der Waals surface area contributed by atoms with E-state index in [-0.39, 0.29) is 11.9 Å². The first-order valence-corrected chi connectivity index (χ1v) is 6.88. The van der Waals surface area contributed by atoms with Crippen LogP contribution in [0, 0.1) is 5.41 Å². The van der Waals surface area contributed by atoms with Crippen LogP contribution in [0.4, 0.5) is 0 Å². The zero-order valence-corrected chi connectivity index (χ0v) is 12.3. The predicted molar refractivity (Wildman–Crippen MR) is 79.3 cm³/mol. The largest absolute Gasteiger partial charge is 0.496 e. The van der Waals surface area contributed by atoms with E-state index in [1.54, 1.807) is 7.11 Å². The molecule has 0 aliphatic carbocycles. The summed E-state index contributed by atoms with van der Waals surface area (Å²) in [6.07, 6.45) is 0.244. The van der Waals surface area contributed by atoms with Crippen molar-refractivity contribution < 1.29 is 9.47 Å². The van der Waals surface area contributed by atoms with Crippen LogP contribution in [0.3, 0.4) is 0 Å². The fraction of sp³-hybridized carbons (Fsp3) is 0.533. The van der Waals surface area contributed by atoms with Crippen LogP contribution in [0.15, 0.2) is 18.2 Å². The molecule has 0 radical (unpaired) electrons. The number of nitrogens with two attached hydrogens (primary N) is 1. The van der Waals surface area contributed by atoms with Gasteiger partial charge >= 0.3 is 0 Å². The molecule has 5 nitrogen and oxygen atoms in total. The molecule has 0 amide bonds. The quantitative estimate of drug-likeness (QED) is 0.647. The van der Waals surface area contributed by atoms with E-state index < -0.39 is 0 Å². The molecular weight excluding hydrogens is 254 g/mol. The zero-order chi connectivity index (χ0) is 14.7. The van der Waals surface area contributed by atoms with E-state index in [9.17, 15) is 0 Å². The van der Waals surface area contributed by atoms with Gasteiger partial charge in [-0.1, -0.05) is 0 Å². The highest BCUT2D eigenvalue weighted by atomic mass is 16.5. The molecular formula is C15H23N3O2. The van der Waals surface area contributed by atoms with Crippen LogP contribution in [0.2, 0.25) is 0 Å². The number of methoxy groups -OCH3 is 1. The number of morpholine rings is 1. The molecule has 1 saturated heterocycles. The van der Waals surface area contributed by atoms with Crippen LogP contribution in [0.5, 0.6) is 5.75 Å². The molecule has 2 atom stereocenters. The summed E-state index contributed by atoms with van der Waals surface area (Å²) in [4.78, 5) is 2.37. The lowest BCUT2D eigenvalue weighted by molar-refractivity contribution is -0.0528. The molecule has 110 valence electrons. The van der Waals surface area contributed by atoms with Gasteiger partial charge in [-0.3, -0.25) is 10.3 Å². The average molecular weight is 277 g/mol. The summed E-state index contributed by atoms with van der Waals surface area (Å²) in [5.74, 6) is 0.915. The summed E-state index contributed by atoms with van der Waals surface area (Å²) >= 11 is 0. The van der Waals surface area contributed by atoms with Crippen LogP contribution < -0.4 is 10.5 Å². The lowest BCUT2D eigenvalue weighted by Crippen LogP contribution is -2.46. The van der Waals surface area contributed by atoms with Crippen molar-refractivity contribution in [2.24, 2.45) is 5.73 Å². The maximum absolute atomic E-state index is 7.55. The Morgan fingerprint density at radius 1 is 1.50 bits per heavy atom. The maximum atomic E-state index is 7.55. The van der Waals surface area contributed by atoms with Gasteiger partial charge < -0.3 is 15.2 Å². The van der Waals surface area contributed by atoms with Gasteiger partial charge in [0, 0.05) is 30.3 Å². The van der Waals surface area contributed by atoms with Gasteiger partial charge in [0.1, 0.15) is 11.6 Å². The Morgan fingerprint density at radius 3 is 2.90 bits per heavy atom. The molecule has 3 N–H and O–H groups in total. The number of nitrogens with one attached hydrogen (secondary N) is 1. The number of rotatable bonds is 4. The number of nitrogen functional groups attached to an aromatic ring is 1. The van der Waals surface area contributed by atoms with E-state index >= 15 is 0 Å². The summed E-state index contributed by atoms with van der Waals surface area (Å²) in [5, 5.41) is 7.55. The second-order valence-electron chi connectivity index (χ2n) is 5.36. The van der Waals surface area contributed by atoms with Gasteiger partial charge in [-0.2, -0.15) is 0 Å². The van der Waals surface area contributed by atoms with E-state index in [0.717, 1.165) is 36.6 Å². The number of nitrogens with zero attached hydrogens (tertiary/aromatic N) is 1. The van der Waals surface area contributed by atoms with Crippen LogP contribution in [0.25, 0.3) is 0 Å². The first-order valence-electron chi connectivity index (χ1n) is 6.88. The van der Waals surface area contributed by atoms with E-state index in [1.807, 2.05) is 18.2 Å². The Balaban J connectivity index is 2.22. The number of ether oxygens (including phenoxy) is 2. The third kappa shape index (κ3) is 3.29. The number of amidine groups is 1. The van der Waals surface area contributed by atoms with Crippen molar-refractivity contribution in [2.75, 3.05) is 20.3 Å². The van der Waals surface area contributed by atoms with Crippen molar-refractivity contribution in [3.8, 4) is 5.75 Å². The highest BCUT2D eigenvalue weighted by molar-refractivity contribution is 5.95. The topological polar surface area (TPSA) is 71.6 Å². The van der Waals surface area contributed by atoms with Crippen LogP contribution in [0.1, 0.15) is 25.0 Å². The fourth-order valence-corrected chi connectivity index (χ4v) is 2.48. The van der Waals surface area contributed by atoms with Gasteiger partial charge in [-0.15, -0.1) is 0 Å². The van der Waals surface area contributed by atoms with E-state index in [2.05, 4.69) is 18.7 Å². The smallest absolute Gasteiger partial charge is 0.123 e. The molecule has 1 aliphatic heterocycles. The second kappa shape index (κ2) is 6.24. The first kappa shape index (κ1) is 14.8. The lowest BCUT2D eigenvalue weighted by atomic mass is 10.1. The van der Waals surface area contributed by atoms with Gasteiger partial charge in [-0.05, 0) is 32.0 Å². The Labute approximate surface area is 120 Å². The van der Waals surface area contributed by atoms with E-state index in [1.165, 1.54) is 0 Å². The van der Waals surface area contributed by atoms with Crippen molar-refractivity contribution in [1.29, 1.82) is 5.41 Å². The SMILES string of the molecule is COc1ccc(C(=N)N)cc1CN1CC(C)OCC1C. The van der Waals surface area contributed by atoms with Gasteiger partial charge in [0.25, 0.3) is 0 Å². The number of benzene rings is 1. The molecule has 2 rings (SSSR count). The minimum atomic E-state index is 0.0808. The van der Waals surface area contributed by atoms with Gasteiger partial charge in [0.15, 0.2) is 0 Å². The Kier molecular flexibility index (Phi) is 4.62. The third-order valence-corrected chi connectivity index (χ3v) is 3.70. The summed E-state index contributed by atoms with van der Waals surface area (Å²) < 4.78 is 11.1. The van der Waals surface area contributed by atoms with Gasteiger partial charge in [0.2, 0.25) is 0 Å². The molecule has 0 spiro atoms. The Morgan fingerprint density at radius 2 is 2.25 bits per heavy atom. The highest BCUT2D eigenvalue weighted by Gasteiger charge is 2.24. The Bertz CT molecular complexity index is 490. The highest BCUT2D eigenvalue weighted by Crippen LogP contribution is 2.24. The van der Waals surface area contributed by atoms with E-state index in [4.69, 9.17) is 20.6 Å². The van der Waals surface area contributed by atoms with Crippen LogP contribution in [-0.2, 0) is 11.3 Å². The van der Waals surface area contributed by atoms with Crippen molar-refractivity contribution in [3.63, 3.8) is 0 Å². The minimum Gasteiger partial charge on any atom is -0.496 e. The third-order valence-electron chi connectivity index (χ3n) is 3.70. The van der Waals surface area contributed by atoms with Crippen LogP contribution >= 0.6 is 0 Å². The summed E-state index contributed by atoms with van der Waals surface area (Å²) in [7, 11) is 1.66. The molecule has 1 aromatic carbocycles. The predicted octanol–water partition coefficient (Wildman–Crippen LogP) is 1.59. The fourth-order valence-electron chi connectivity index (χ4n) is 2.48. The Hall–Kier alpha value is -1.59. The molecule has 1 fully saturated rings. The summed E-state index contributed by atoms with van der Waals surface area (Å²) in [6, 6.07) is 6.00. The summed E-state index contributed by atoms with van der Waals surface area (Å²) in [6.45, 7) is 6.67. The zero-order valence-electron chi connectivity index (χ0n) is 12.3. The molecule has 1 heterocycles. The lowest BCUT2D eigenvalue weighted by Gasteiger charge is -2.37. The van der Waals surface area contributed by atoms with Crippen molar-refractivity contribution >= 4 is 5.84 Å². The molecule has 1 aliphatic rings. The van der Waals surface area contributed by atoms with Crippen molar-refractivity contribution in [1.82, 2.24) is 4.90 Å². The minimum absolute atomic E-state index is 0.0808. The molecule has 0 bridgehead atoms. The molecule has 0 saturated carbocycles. The van der Waals surface area contributed by atoms with Gasteiger partial charge in [0.05, 0.1) is 19.8 Å². The molecule has 1 aromatic rings. The van der Waals surface area contributed by atoms with E-state index in [0.29, 0.717) is 6.04 Å². The first-order chi connectivity index (χ1) is 9.51. The van der Waals surface area contributed by atoms with Gasteiger partial charge in [-0.25, -0.2) is 0 Å². The van der Waals surface area contributed by atoms with Crippen molar-refractivity contribution in [3.05, 3.63) is 29.3 Å². The standard InChI is InChI=1S/C15H23N3O2/c1-10-9-20-11(2)7-18(10)8-13-6-12(15(16)17)4-5-14(13)19-3/h4-6,10-11H,7-9H2,1-3H3,(H3,16,17). The normalized spacial score (nSPS) is 23.6. The number of hydrogen-bond acceptors (Lipinski definition) is 4. The molecule has 5 heteroatoms. The van der Waals surface area contributed by atoms with Crippen LogP contribution in [-0.4, -0.2) is 43.1 Å². The molecule has 20 heavy (non-hydrogen) atoms. The molecule has 0 aromatic heterocycles. The summed E-state index contributed by atoms with van der Waals surface area (Å²) in [5.41, 5.74) is 7.35. The maximum Gasteiger partial charge on any atom is 0.123 e. The molecule has 2 unspecified atom stereocenters.